The molecule has 0 aliphatic carbocycles. The molecule has 11 heteroatoms. The lowest BCUT2D eigenvalue weighted by molar-refractivity contribution is -0.116. The Labute approximate surface area is 191 Å². The van der Waals surface area contributed by atoms with Gasteiger partial charge in [-0.2, -0.15) is 9.29 Å². The number of rotatable bonds is 7. The number of amides is 1. The number of methoxy groups -OCH3 is 2. The van der Waals surface area contributed by atoms with Gasteiger partial charge in [-0.25, -0.2) is 8.42 Å². The fourth-order valence-electron chi connectivity index (χ4n) is 3.73. The summed E-state index contributed by atoms with van der Waals surface area (Å²) < 4.78 is 43.2. The molecule has 0 radical (unpaired) electrons. The van der Waals surface area contributed by atoms with Crippen LogP contribution in [0.3, 0.4) is 0 Å². The van der Waals surface area contributed by atoms with Crippen molar-refractivity contribution in [3.8, 4) is 22.9 Å². The molecular formula is C22H24N4O6S. The van der Waals surface area contributed by atoms with E-state index in [0.29, 0.717) is 35.9 Å². The van der Waals surface area contributed by atoms with Crippen molar-refractivity contribution in [1.82, 2.24) is 14.4 Å². The molecule has 1 aliphatic rings. The van der Waals surface area contributed by atoms with Crippen LogP contribution in [-0.2, 0) is 27.8 Å². The lowest BCUT2D eigenvalue weighted by Crippen LogP contribution is -2.27. The Bertz CT molecular complexity index is 1300. The van der Waals surface area contributed by atoms with E-state index in [-0.39, 0.29) is 23.2 Å². The van der Waals surface area contributed by atoms with Gasteiger partial charge in [0, 0.05) is 31.8 Å². The first-order valence-electron chi connectivity index (χ1n) is 10.2. The third-order valence-corrected chi connectivity index (χ3v) is 7.30. The van der Waals surface area contributed by atoms with Gasteiger partial charge < -0.3 is 18.9 Å². The van der Waals surface area contributed by atoms with Crippen molar-refractivity contribution in [2.45, 2.75) is 24.8 Å². The first-order valence-corrected chi connectivity index (χ1v) is 11.6. The van der Waals surface area contributed by atoms with E-state index in [0.717, 1.165) is 15.6 Å². The third kappa shape index (κ3) is 4.29. The summed E-state index contributed by atoms with van der Waals surface area (Å²) >= 11 is 0. The lowest BCUT2D eigenvalue weighted by atomic mass is 10.2. The van der Waals surface area contributed by atoms with Gasteiger partial charge in [-0.15, -0.1) is 0 Å². The Morgan fingerprint density at radius 3 is 2.61 bits per heavy atom. The molecule has 0 saturated heterocycles. The fourth-order valence-corrected chi connectivity index (χ4v) is 4.90. The van der Waals surface area contributed by atoms with E-state index < -0.39 is 10.0 Å². The molecule has 1 aromatic heterocycles. The second-order valence-electron chi connectivity index (χ2n) is 7.55. The number of benzene rings is 2. The molecule has 0 unspecified atom stereocenters. The van der Waals surface area contributed by atoms with Crippen LogP contribution in [0.25, 0.3) is 11.4 Å². The highest BCUT2D eigenvalue weighted by atomic mass is 32.2. The summed E-state index contributed by atoms with van der Waals surface area (Å²) in [5.41, 5.74) is 2.22. The van der Waals surface area contributed by atoms with E-state index in [2.05, 4.69) is 10.1 Å². The summed E-state index contributed by atoms with van der Waals surface area (Å²) in [6, 6.07) is 9.99. The minimum Gasteiger partial charge on any atom is -0.493 e. The van der Waals surface area contributed by atoms with E-state index in [1.165, 1.54) is 27.1 Å². The molecule has 0 saturated carbocycles. The molecule has 1 aliphatic heterocycles. The predicted molar refractivity (Wildman–Crippen MR) is 120 cm³/mol. The predicted octanol–water partition coefficient (Wildman–Crippen LogP) is 2.48. The number of hydrogen-bond acceptors (Lipinski definition) is 8. The number of carbonyl (C=O) groups excluding carboxylic acids is 1. The van der Waals surface area contributed by atoms with Crippen LogP contribution in [0.1, 0.15) is 18.4 Å². The Morgan fingerprint density at radius 2 is 1.91 bits per heavy atom. The number of ether oxygens (including phenoxy) is 2. The molecule has 0 bridgehead atoms. The minimum absolute atomic E-state index is 0.0665. The smallest absolute Gasteiger partial charge is 0.243 e. The van der Waals surface area contributed by atoms with Gasteiger partial charge >= 0.3 is 0 Å². The summed E-state index contributed by atoms with van der Waals surface area (Å²) in [5, 5.41) is 3.96. The van der Waals surface area contributed by atoms with Gasteiger partial charge in [-0.1, -0.05) is 5.16 Å². The van der Waals surface area contributed by atoms with Gasteiger partial charge in [0.05, 0.1) is 25.7 Å². The first kappa shape index (κ1) is 22.7. The van der Waals surface area contributed by atoms with E-state index >= 15 is 0 Å². The van der Waals surface area contributed by atoms with Crippen LogP contribution in [0.15, 0.2) is 45.8 Å². The molecule has 0 fully saturated rings. The monoisotopic (exact) mass is 472 g/mol. The zero-order valence-corrected chi connectivity index (χ0v) is 19.5. The normalized spacial score (nSPS) is 13.3. The highest BCUT2D eigenvalue weighted by Gasteiger charge is 2.28. The molecular weight excluding hydrogens is 448 g/mol. The summed E-state index contributed by atoms with van der Waals surface area (Å²) in [6.07, 6.45) is 0.611. The average Bonchev–Trinajstić information content (AvgIpc) is 3.45. The Morgan fingerprint density at radius 1 is 1.15 bits per heavy atom. The topological polar surface area (TPSA) is 115 Å². The summed E-state index contributed by atoms with van der Waals surface area (Å²) in [7, 11) is 0.713. The lowest BCUT2D eigenvalue weighted by Gasteiger charge is -2.17. The summed E-state index contributed by atoms with van der Waals surface area (Å²) in [4.78, 5) is 17.8. The van der Waals surface area contributed by atoms with Crippen LogP contribution < -0.4 is 14.4 Å². The van der Waals surface area contributed by atoms with Crippen molar-refractivity contribution in [3.63, 3.8) is 0 Å². The number of carbonyl (C=O) groups is 1. The van der Waals surface area contributed by atoms with Gasteiger partial charge in [0.2, 0.25) is 27.6 Å². The van der Waals surface area contributed by atoms with Crippen molar-refractivity contribution >= 4 is 21.6 Å². The first-order chi connectivity index (χ1) is 15.7. The van der Waals surface area contributed by atoms with Gasteiger partial charge in [0.15, 0.2) is 11.5 Å². The van der Waals surface area contributed by atoms with Crippen LogP contribution in [0, 0.1) is 0 Å². The number of fused-ring (bicyclic) bond motifs is 1. The molecule has 1 amide bonds. The quantitative estimate of drug-likeness (QED) is 0.515. The van der Waals surface area contributed by atoms with Crippen molar-refractivity contribution in [2.75, 3.05) is 32.7 Å². The molecule has 4 rings (SSSR count). The number of anilines is 1. The zero-order chi connectivity index (χ0) is 23.8. The second kappa shape index (κ2) is 8.83. The second-order valence-corrected chi connectivity index (χ2v) is 9.60. The van der Waals surface area contributed by atoms with E-state index in [1.807, 2.05) is 0 Å². The Hall–Kier alpha value is -3.44. The van der Waals surface area contributed by atoms with Gasteiger partial charge in [0.25, 0.3) is 0 Å². The zero-order valence-electron chi connectivity index (χ0n) is 18.7. The molecule has 33 heavy (non-hydrogen) atoms. The van der Waals surface area contributed by atoms with Crippen LogP contribution in [0.2, 0.25) is 0 Å². The van der Waals surface area contributed by atoms with Crippen molar-refractivity contribution in [3.05, 3.63) is 47.9 Å². The maximum atomic E-state index is 13.1. The Kier molecular flexibility index (Phi) is 6.09. The van der Waals surface area contributed by atoms with Crippen molar-refractivity contribution in [2.24, 2.45) is 0 Å². The molecule has 10 nitrogen and oxygen atoms in total. The number of nitrogens with zero attached hydrogens (tertiary/aromatic N) is 4. The number of sulfonamides is 1. The van der Waals surface area contributed by atoms with E-state index in [4.69, 9.17) is 14.0 Å². The fraction of sp³-hybridized carbons (Fsp3) is 0.318. The van der Waals surface area contributed by atoms with Gasteiger partial charge in [-0.3, -0.25) is 4.79 Å². The largest absolute Gasteiger partial charge is 0.493 e. The molecule has 2 heterocycles. The molecule has 3 aromatic rings. The summed E-state index contributed by atoms with van der Waals surface area (Å²) in [5.74, 6) is 1.47. The molecule has 0 atom stereocenters. The summed E-state index contributed by atoms with van der Waals surface area (Å²) in [6.45, 7) is 1.94. The Balaban J connectivity index is 1.53. The maximum Gasteiger partial charge on any atom is 0.243 e. The number of aromatic nitrogens is 2. The minimum atomic E-state index is -3.81. The van der Waals surface area contributed by atoms with Crippen molar-refractivity contribution < 1.29 is 27.2 Å². The van der Waals surface area contributed by atoms with E-state index in [9.17, 15) is 13.2 Å². The molecule has 174 valence electrons. The van der Waals surface area contributed by atoms with Gasteiger partial charge in [-0.05, 0) is 48.4 Å². The molecule has 2 aromatic carbocycles. The molecule has 0 spiro atoms. The van der Waals surface area contributed by atoms with Crippen molar-refractivity contribution in [1.29, 1.82) is 0 Å². The van der Waals surface area contributed by atoms with Crippen LogP contribution in [-0.4, -0.2) is 56.6 Å². The average molecular weight is 473 g/mol. The standard InChI is InChI=1S/C22H24N4O6S/c1-14(27)26-10-9-15-11-17(6-7-18(15)26)33(28,29)25(2)13-21-23-22(24-32-21)16-5-8-19(30-3)20(12-16)31-4/h5-8,11-12H,9-10,13H2,1-4H3. The van der Waals surface area contributed by atoms with Crippen LogP contribution in [0.4, 0.5) is 5.69 Å². The SMILES string of the molecule is COc1ccc(-c2noc(CN(C)S(=O)(=O)c3ccc4c(c3)CCN4C(C)=O)n2)cc1OC. The highest BCUT2D eigenvalue weighted by Crippen LogP contribution is 2.32. The molecule has 0 N–H and O–H groups in total. The van der Waals surface area contributed by atoms with Gasteiger partial charge in [0.1, 0.15) is 0 Å². The highest BCUT2D eigenvalue weighted by molar-refractivity contribution is 7.89. The van der Waals surface area contributed by atoms with Crippen LogP contribution in [0.5, 0.6) is 11.5 Å². The van der Waals surface area contributed by atoms with E-state index in [1.54, 1.807) is 42.3 Å². The van der Waals surface area contributed by atoms with Crippen LogP contribution >= 0.6 is 0 Å². The third-order valence-electron chi connectivity index (χ3n) is 5.50. The number of hydrogen-bond donors (Lipinski definition) is 0. The maximum absolute atomic E-state index is 13.1.